The van der Waals surface area contributed by atoms with Crippen LogP contribution in [0.1, 0.15) is 54.6 Å². The molecule has 1 aromatic heterocycles. The lowest BCUT2D eigenvalue weighted by atomic mass is 9.82. The van der Waals surface area contributed by atoms with Crippen LogP contribution in [-0.4, -0.2) is 35.5 Å². The molecule has 30 heavy (non-hydrogen) atoms. The molecule has 1 N–H and O–H groups in total. The van der Waals surface area contributed by atoms with Gasteiger partial charge in [-0.3, -0.25) is 9.78 Å². The molecule has 2 spiro atoms. The quantitative estimate of drug-likeness (QED) is 0.793. The summed E-state index contributed by atoms with van der Waals surface area (Å²) in [4.78, 5) is 22.2. The van der Waals surface area contributed by atoms with Crippen LogP contribution in [0.5, 0.6) is 0 Å². The predicted molar refractivity (Wildman–Crippen MR) is 111 cm³/mol. The fraction of sp³-hybridized carbons (Fsp3) is 0.458. The third-order valence-corrected chi connectivity index (χ3v) is 7.02. The van der Waals surface area contributed by atoms with Crippen molar-refractivity contribution >= 4 is 11.8 Å². The van der Waals surface area contributed by atoms with Gasteiger partial charge >= 0.3 is 0 Å². The molecule has 154 valence electrons. The normalized spacial score (nSPS) is 24.6. The molecule has 0 radical (unpaired) electrons. The Kier molecular flexibility index (Phi) is 3.64. The van der Waals surface area contributed by atoms with Crippen molar-refractivity contribution in [2.45, 2.75) is 56.3 Å². The van der Waals surface area contributed by atoms with E-state index < -0.39 is 16.8 Å². The third kappa shape index (κ3) is 2.41. The van der Waals surface area contributed by atoms with Gasteiger partial charge in [0, 0.05) is 30.2 Å². The van der Waals surface area contributed by atoms with Gasteiger partial charge in [0.2, 0.25) is 5.90 Å². The SMILES string of the molecule is CC1(C)OC2(CCNCC2)c2c(C3=NC(=O)C4(Cc5ccccc5C4)O3)ccnc21. The average Bonchev–Trinajstić information content (AvgIpc) is 3.33. The van der Waals surface area contributed by atoms with Crippen LogP contribution < -0.4 is 5.32 Å². The van der Waals surface area contributed by atoms with Gasteiger partial charge in [0.05, 0.1) is 11.3 Å². The molecule has 6 rings (SSSR count). The number of rotatable bonds is 1. The average molecular weight is 403 g/mol. The van der Waals surface area contributed by atoms with Gasteiger partial charge in [-0.1, -0.05) is 24.3 Å². The standard InChI is InChI=1S/C24H25N3O3/c1-22(2)19-18(23(30-22)8-11-25-12-9-23)17(7-10-26-19)20-27-21(28)24(29-20)13-15-5-3-4-6-16(15)14-24/h3-7,10,25H,8-9,11-14H2,1-2H3. The van der Waals surface area contributed by atoms with Crippen molar-refractivity contribution < 1.29 is 14.3 Å². The van der Waals surface area contributed by atoms with Gasteiger partial charge in [0.25, 0.3) is 5.91 Å². The third-order valence-electron chi connectivity index (χ3n) is 7.02. The van der Waals surface area contributed by atoms with Crippen LogP contribution in [0.4, 0.5) is 0 Å². The molecule has 2 aromatic rings. The second-order valence-corrected chi connectivity index (χ2v) is 9.38. The number of nitrogens with one attached hydrogen (secondary N) is 1. The molecule has 3 aliphatic heterocycles. The van der Waals surface area contributed by atoms with Gasteiger partial charge in [-0.05, 0) is 57.0 Å². The number of amides is 1. The Morgan fingerprint density at radius 2 is 1.70 bits per heavy atom. The van der Waals surface area contributed by atoms with Crippen molar-refractivity contribution in [3.63, 3.8) is 0 Å². The summed E-state index contributed by atoms with van der Waals surface area (Å²) in [5.74, 6) is 0.238. The van der Waals surface area contributed by atoms with Crippen molar-refractivity contribution in [1.82, 2.24) is 10.3 Å². The monoisotopic (exact) mass is 403 g/mol. The van der Waals surface area contributed by atoms with Crippen LogP contribution in [0.15, 0.2) is 41.5 Å². The summed E-state index contributed by atoms with van der Waals surface area (Å²) in [5.41, 5.74) is 3.35. The lowest BCUT2D eigenvalue weighted by molar-refractivity contribution is -0.139. The van der Waals surface area contributed by atoms with E-state index in [4.69, 9.17) is 14.5 Å². The minimum absolute atomic E-state index is 0.184. The zero-order valence-corrected chi connectivity index (χ0v) is 17.3. The molecule has 1 aliphatic carbocycles. The number of benzene rings is 1. The highest BCUT2D eigenvalue weighted by Crippen LogP contribution is 2.52. The van der Waals surface area contributed by atoms with E-state index in [9.17, 15) is 4.79 Å². The molecule has 6 nitrogen and oxygen atoms in total. The minimum Gasteiger partial charge on any atom is -0.460 e. The molecule has 4 heterocycles. The van der Waals surface area contributed by atoms with Crippen molar-refractivity contribution in [1.29, 1.82) is 0 Å². The molecular weight excluding hydrogens is 378 g/mol. The first-order valence-corrected chi connectivity index (χ1v) is 10.7. The lowest BCUT2D eigenvalue weighted by Gasteiger charge is -2.36. The van der Waals surface area contributed by atoms with Crippen molar-refractivity contribution in [2.75, 3.05) is 13.1 Å². The number of aliphatic imine (C=N–C) groups is 1. The number of carbonyl (C=O) groups excluding carboxylic acids is 1. The zero-order chi connectivity index (χ0) is 20.6. The molecule has 4 aliphatic rings. The van der Waals surface area contributed by atoms with Gasteiger partial charge in [-0.25, -0.2) is 0 Å². The maximum atomic E-state index is 13.1. The Labute approximate surface area is 175 Å². The Hall–Kier alpha value is -2.57. The van der Waals surface area contributed by atoms with E-state index in [2.05, 4.69) is 36.3 Å². The summed E-state index contributed by atoms with van der Waals surface area (Å²) in [6, 6.07) is 10.1. The number of hydrogen-bond acceptors (Lipinski definition) is 5. The Bertz CT molecular complexity index is 1070. The van der Waals surface area contributed by atoms with Crippen molar-refractivity contribution in [3.05, 3.63) is 64.5 Å². The van der Waals surface area contributed by atoms with Gasteiger partial charge in [0.1, 0.15) is 5.60 Å². The summed E-state index contributed by atoms with van der Waals surface area (Å²) in [5, 5.41) is 3.42. The number of fused-ring (bicyclic) bond motifs is 3. The summed E-state index contributed by atoms with van der Waals surface area (Å²) in [6.45, 7) is 5.90. The lowest BCUT2D eigenvalue weighted by Crippen LogP contribution is -2.42. The second-order valence-electron chi connectivity index (χ2n) is 9.38. The van der Waals surface area contributed by atoms with Crippen LogP contribution in [0.2, 0.25) is 0 Å². The van der Waals surface area contributed by atoms with Crippen molar-refractivity contribution in [2.24, 2.45) is 4.99 Å². The van der Waals surface area contributed by atoms with E-state index in [1.807, 2.05) is 18.2 Å². The van der Waals surface area contributed by atoms with Crippen molar-refractivity contribution in [3.8, 4) is 0 Å². The summed E-state index contributed by atoms with van der Waals surface area (Å²) in [6.07, 6.45) is 4.64. The van der Waals surface area contributed by atoms with E-state index in [0.29, 0.717) is 18.7 Å². The topological polar surface area (TPSA) is 72.8 Å². The first kappa shape index (κ1) is 18.2. The first-order chi connectivity index (χ1) is 14.4. The molecule has 1 aromatic carbocycles. The number of carbonyl (C=O) groups is 1. The summed E-state index contributed by atoms with van der Waals surface area (Å²) >= 11 is 0. The molecular formula is C24H25N3O3. The fourth-order valence-corrected chi connectivity index (χ4v) is 5.69. The van der Waals surface area contributed by atoms with Gasteiger partial charge < -0.3 is 14.8 Å². The number of aromatic nitrogens is 1. The van der Waals surface area contributed by atoms with Crippen LogP contribution in [0, 0.1) is 0 Å². The van der Waals surface area contributed by atoms with E-state index >= 15 is 0 Å². The molecule has 0 atom stereocenters. The first-order valence-electron chi connectivity index (χ1n) is 10.7. The maximum absolute atomic E-state index is 13.1. The Morgan fingerprint density at radius 1 is 1.00 bits per heavy atom. The molecule has 1 saturated heterocycles. The number of piperidine rings is 1. The largest absolute Gasteiger partial charge is 0.460 e. The number of ether oxygens (including phenoxy) is 2. The van der Waals surface area contributed by atoms with Gasteiger partial charge in [-0.2, -0.15) is 4.99 Å². The maximum Gasteiger partial charge on any atom is 0.293 e. The minimum atomic E-state index is -0.911. The molecule has 0 saturated carbocycles. The van der Waals surface area contributed by atoms with Crippen LogP contribution in [0.25, 0.3) is 0 Å². The number of nitrogens with zero attached hydrogens (tertiary/aromatic N) is 2. The summed E-state index contributed by atoms with van der Waals surface area (Å²) in [7, 11) is 0. The van der Waals surface area contributed by atoms with Crippen LogP contribution in [0.3, 0.4) is 0 Å². The summed E-state index contributed by atoms with van der Waals surface area (Å²) < 4.78 is 13.1. The predicted octanol–water partition coefficient (Wildman–Crippen LogP) is 2.77. The Morgan fingerprint density at radius 3 is 2.40 bits per heavy atom. The van der Waals surface area contributed by atoms with E-state index in [-0.39, 0.29) is 5.91 Å². The van der Waals surface area contributed by atoms with Gasteiger partial charge in [0.15, 0.2) is 5.60 Å². The second kappa shape index (κ2) is 5.99. The number of pyridine rings is 1. The molecule has 1 fully saturated rings. The highest BCUT2D eigenvalue weighted by Gasteiger charge is 2.55. The number of hydrogen-bond donors (Lipinski definition) is 1. The molecule has 6 heteroatoms. The van der Waals surface area contributed by atoms with Gasteiger partial charge in [-0.15, -0.1) is 0 Å². The van der Waals surface area contributed by atoms with E-state index in [1.54, 1.807) is 6.20 Å². The molecule has 0 bridgehead atoms. The zero-order valence-electron chi connectivity index (χ0n) is 17.3. The highest BCUT2D eigenvalue weighted by molar-refractivity contribution is 6.10. The highest BCUT2D eigenvalue weighted by atomic mass is 16.5. The van der Waals surface area contributed by atoms with Crippen LogP contribution in [-0.2, 0) is 38.3 Å². The fourth-order valence-electron chi connectivity index (χ4n) is 5.69. The molecule has 1 amide bonds. The van der Waals surface area contributed by atoms with E-state index in [0.717, 1.165) is 42.8 Å². The van der Waals surface area contributed by atoms with Crippen LogP contribution >= 0.6 is 0 Å². The molecule has 0 unspecified atom stereocenters. The van der Waals surface area contributed by atoms with E-state index in [1.165, 1.54) is 11.1 Å². The Balaban J connectivity index is 1.43. The smallest absolute Gasteiger partial charge is 0.293 e.